The highest BCUT2D eigenvalue weighted by Gasteiger charge is 2.03. The molecule has 0 amide bonds. The fourth-order valence-electron chi connectivity index (χ4n) is 1.49. The van der Waals surface area contributed by atoms with E-state index >= 15 is 0 Å². The molecular weight excluding hydrogens is 246 g/mol. The van der Waals surface area contributed by atoms with E-state index in [1.54, 1.807) is 17.8 Å². The summed E-state index contributed by atoms with van der Waals surface area (Å²) >= 11 is 1.70. The number of hydrogen-bond donors (Lipinski definition) is 1. The van der Waals surface area contributed by atoms with E-state index in [-0.39, 0.29) is 0 Å². The van der Waals surface area contributed by atoms with Gasteiger partial charge in [0.25, 0.3) is 0 Å². The van der Waals surface area contributed by atoms with Gasteiger partial charge in [0.05, 0.1) is 0 Å². The molecule has 0 unspecified atom stereocenters. The van der Waals surface area contributed by atoms with E-state index < -0.39 is 0 Å². The Hall–Kier alpha value is -1.75. The van der Waals surface area contributed by atoms with Crippen LogP contribution in [0.4, 0.5) is 5.82 Å². The van der Waals surface area contributed by atoms with Crippen LogP contribution in [0.15, 0.2) is 35.2 Å². The molecule has 0 saturated heterocycles. The van der Waals surface area contributed by atoms with Crippen molar-refractivity contribution in [3.8, 4) is 11.6 Å². The van der Waals surface area contributed by atoms with Crippen LogP contribution in [0.2, 0.25) is 0 Å². The molecule has 0 bridgehead atoms. The zero-order valence-corrected chi connectivity index (χ0v) is 11.4. The number of hydrogen-bond acceptors (Lipinski definition) is 5. The van der Waals surface area contributed by atoms with Crippen LogP contribution in [-0.4, -0.2) is 23.3 Å². The van der Waals surface area contributed by atoms with Gasteiger partial charge in [0.15, 0.2) is 0 Å². The van der Waals surface area contributed by atoms with Gasteiger partial charge in [-0.05, 0) is 37.4 Å². The molecule has 1 aromatic carbocycles. The second kappa shape index (κ2) is 5.73. The van der Waals surface area contributed by atoms with Gasteiger partial charge in [-0.1, -0.05) is 0 Å². The predicted molar refractivity (Wildman–Crippen MR) is 74.6 cm³/mol. The van der Waals surface area contributed by atoms with Crippen molar-refractivity contribution in [1.29, 1.82) is 0 Å². The average Bonchev–Trinajstić information content (AvgIpc) is 2.39. The number of aromatic nitrogens is 2. The minimum Gasteiger partial charge on any atom is -0.439 e. The summed E-state index contributed by atoms with van der Waals surface area (Å²) in [6.07, 6.45) is 2.04. The van der Waals surface area contributed by atoms with Gasteiger partial charge in [-0.3, -0.25) is 0 Å². The summed E-state index contributed by atoms with van der Waals surface area (Å²) in [7, 11) is 1.82. The number of anilines is 1. The lowest BCUT2D eigenvalue weighted by Gasteiger charge is -2.07. The highest BCUT2D eigenvalue weighted by molar-refractivity contribution is 7.98. The molecule has 1 N–H and O–H groups in total. The van der Waals surface area contributed by atoms with Crippen LogP contribution in [0.5, 0.6) is 11.6 Å². The van der Waals surface area contributed by atoms with Crippen LogP contribution in [0, 0.1) is 6.92 Å². The number of thioether (sulfide) groups is 1. The molecule has 1 aromatic heterocycles. The smallest absolute Gasteiger partial charge is 0.224 e. The summed E-state index contributed by atoms with van der Waals surface area (Å²) in [6, 6.07) is 9.68. The van der Waals surface area contributed by atoms with Gasteiger partial charge in [-0.15, -0.1) is 11.8 Å². The molecule has 5 heteroatoms. The zero-order valence-electron chi connectivity index (χ0n) is 10.6. The van der Waals surface area contributed by atoms with Crippen molar-refractivity contribution in [2.45, 2.75) is 11.8 Å². The van der Waals surface area contributed by atoms with Crippen molar-refractivity contribution in [3.63, 3.8) is 0 Å². The Morgan fingerprint density at radius 1 is 1.17 bits per heavy atom. The maximum Gasteiger partial charge on any atom is 0.224 e. The summed E-state index contributed by atoms with van der Waals surface area (Å²) in [4.78, 5) is 9.66. The SMILES string of the molecule is CNc1cc(Oc2ccc(SC)cc2)nc(C)n1. The third kappa shape index (κ3) is 3.13. The van der Waals surface area contributed by atoms with E-state index in [2.05, 4.69) is 15.3 Å². The molecule has 2 aromatic rings. The molecule has 0 aliphatic rings. The summed E-state index contributed by atoms with van der Waals surface area (Å²) in [5, 5.41) is 2.98. The molecule has 0 aliphatic heterocycles. The Bertz CT molecular complexity index is 528. The molecule has 2 rings (SSSR count). The van der Waals surface area contributed by atoms with Gasteiger partial charge < -0.3 is 10.1 Å². The molecule has 4 nitrogen and oxygen atoms in total. The van der Waals surface area contributed by atoms with Crippen LogP contribution in [0.1, 0.15) is 5.82 Å². The van der Waals surface area contributed by atoms with Crippen LogP contribution in [0.3, 0.4) is 0 Å². The van der Waals surface area contributed by atoms with Crippen LogP contribution < -0.4 is 10.1 Å². The first-order chi connectivity index (χ1) is 8.71. The summed E-state index contributed by atoms with van der Waals surface area (Å²) in [5.41, 5.74) is 0. The number of nitrogens with one attached hydrogen (secondary N) is 1. The monoisotopic (exact) mass is 261 g/mol. The van der Waals surface area contributed by atoms with Gasteiger partial charge >= 0.3 is 0 Å². The van der Waals surface area contributed by atoms with Gasteiger partial charge in [-0.2, -0.15) is 4.98 Å². The van der Waals surface area contributed by atoms with E-state index in [9.17, 15) is 0 Å². The molecule has 0 saturated carbocycles. The number of aryl methyl sites for hydroxylation is 1. The average molecular weight is 261 g/mol. The van der Waals surface area contributed by atoms with E-state index in [1.165, 1.54) is 4.90 Å². The van der Waals surface area contributed by atoms with Crippen LogP contribution >= 0.6 is 11.8 Å². The van der Waals surface area contributed by atoms with Crippen LogP contribution in [-0.2, 0) is 0 Å². The topological polar surface area (TPSA) is 47.0 Å². The van der Waals surface area contributed by atoms with E-state index in [0.29, 0.717) is 11.7 Å². The van der Waals surface area contributed by atoms with Crippen molar-refractivity contribution in [1.82, 2.24) is 9.97 Å². The first-order valence-electron chi connectivity index (χ1n) is 5.56. The molecule has 1 heterocycles. The quantitative estimate of drug-likeness (QED) is 0.855. The van der Waals surface area contributed by atoms with Crippen molar-refractivity contribution in [2.75, 3.05) is 18.6 Å². The standard InChI is InChI=1S/C13H15N3OS/c1-9-15-12(14-2)8-13(16-9)17-10-4-6-11(18-3)7-5-10/h4-8H,1-3H3,(H,14,15,16). The summed E-state index contributed by atoms with van der Waals surface area (Å²) < 4.78 is 5.70. The van der Waals surface area contributed by atoms with Gasteiger partial charge in [0.1, 0.15) is 17.4 Å². The summed E-state index contributed by atoms with van der Waals surface area (Å²) in [6.45, 7) is 1.84. The zero-order chi connectivity index (χ0) is 13.0. The number of nitrogens with zero attached hydrogens (tertiary/aromatic N) is 2. The second-order valence-electron chi connectivity index (χ2n) is 3.67. The lowest BCUT2D eigenvalue weighted by molar-refractivity contribution is 0.460. The first-order valence-corrected chi connectivity index (χ1v) is 6.79. The third-order valence-corrected chi connectivity index (χ3v) is 3.10. The van der Waals surface area contributed by atoms with Crippen molar-refractivity contribution < 1.29 is 4.74 Å². The number of benzene rings is 1. The minimum absolute atomic E-state index is 0.545. The third-order valence-electron chi connectivity index (χ3n) is 2.35. The Labute approximate surface area is 111 Å². The Morgan fingerprint density at radius 2 is 1.89 bits per heavy atom. The van der Waals surface area contributed by atoms with Crippen molar-refractivity contribution in [3.05, 3.63) is 36.2 Å². The highest BCUT2D eigenvalue weighted by Crippen LogP contribution is 2.24. The first kappa shape index (κ1) is 12.7. The lowest BCUT2D eigenvalue weighted by atomic mass is 10.3. The van der Waals surface area contributed by atoms with Gasteiger partial charge in [0.2, 0.25) is 5.88 Å². The molecule has 0 atom stereocenters. The molecule has 18 heavy (non-hydrogen) atoms. The Morgan fingerprint density at radius 3 is 2.50 bits per heavy atom. The second-order valence-corrected chi connectivity index (χ2v) is 4.55. The highest BCUT2D eigenvalue weighted by atomic mass is 32.2. The molecule has 0 aliphatic carbocycles. The lowest BCUT2D eigenvalue weighted by Crippen LogP contribution is -1.98. The Kier molecular flexibility index (Phi) is 4.04. The molecular formula is C13H15N3OS. The fourth-order valence-corrected chi connectivity index (χ4v) is 1.89. The van der Waals surface area contributed by atoms with Crippen molar-refractivity contribution in [2.24, 2.45) is 0 Å². The summed E-state index contributed by atoms with van der Waals surface area (Å²) in [5.74, 6) is 2.74. The molecule has 0 spiro atoms. The van der Waals surface area contributed by atoms with E-state index in [0.717, 1.165) is 11.6 Å². The number of ether oxygens (including phenoxy) is 1. The normalized spacial score (nSPS) is 10.2. The Balaban J connectivity index is 2.19. The van der Waals surface area contributed by atoms with E-state index in [4.69, 9.17) is 4.74 Å². The van der Waals surface area contributed by atoms with Crippen LogP contribution in [0.25, 0.3) is 0 Å². The minimum atomic E-state index is 0.545. The molecule has 94 valence electrons. The maximum absolute atomic E-state index is 5.70. The fraction of sp³-hybridized carbons (Fsp3) is 0.231. The van der Waals surface area contributed by atoms with Gasteiger partial charge in [-0.25, -0.2) is 4.98 Å². The predicted octanol–water partition coefficient (Wildman–Crippen LogP) is 3.34. The van der Waals surface area contributed by atoms with E-state index in [1.807, 2.05) is 44.5 Å². The molecule has 0 radical (unpaired) electrons. The number of rotatable bonds is 4. The maximum atomic E-state index is 5.70. The van der Waals surface area contributed by atoms with Gasteiger partial charge in [0, 0.05) is 18.0 Å². The largest absolute Gasteiger partial charge is 0.439 e. The van der Waals surface area contributed by atoms with Crippen molar-refractivity contribution >= 4 is 17.6 Å². The molecule has 0 fully saturated rings.